The molecular formula is C25H31N3O5. The fourth-order valence-electron chi connectivity index (χ4n) is 6.72. The Hall–Kier alpha value is -2.45. The largest absolute Gasteiger partial charge is 0.488 e. The van der Waals surface area contributed by atoms with E-state index in [-0.39, 0.29) is 30.2 Å². The van der Waals surface area contributed by atoms with Crippen LogP contribution in [-0.2, 0) is 20.9 Å². The summed E-state index contributed by atoms with van der Waals surface area (Å²) in [7, 11) is 0. The van der Waals surface area contributed by atoms with Crippen molar-refractivity contribution in [3.05, 3.63) is 29.3 Å². The summed E-state index contributed by atoms with van der Waals surface area (Å²) in [6, 6.07) is 5.55. The van der Waals surface area contributed by atoms with Gasteiger partial charge < -0.3 is 14.4 Å². The number of hydrogen-bond donors (Lipinski definition) is 1. The van der Waals surface area contributed by atoms with Gasteiger partial charge in [-0.1, -0.05) is 0 Å². The van der Waals surface area contributed by atoms with Gasteiger partial charge in [-0.3, -0.25) is 24.6 Å². The number of nitrogens with zero attached hydrogens (tertiary/aromatic N) is 2. The second kappa shape index (κ2) is 8.09. The maximum absolute atomic E-state index is 13.0. The van der Waals surface area contributed by atoms with E-state index >= 15 is 0 Å². The minimum Gasteiger partial charge on any atom is -0.488 e. The van der Waals surface area contributed by atoms with Gasteiger partial charge in [-0.2, -0.15) is 0 Å². The quantitative estimate of drug-likeness (QED) is 0.660. The van der Waals surface area contributed by atoms with Crippen LogP contribution in [0.1, 0.15) is 54.9 Å². The lowest BCUT2D eigenvalue weighted by molar-refractivity contribution is -0.136. The maximum Gasteiger partial charge on any atom is 0.255 e. The van der Waals surface area contributed by atoms with Gasteiger partial charge in [0.05, 0.1) is 6.10 Å². The summed E-state index contributed by atoms with van der Waals surface area (Å²) < 4.78 is 12.4. The zero-order chi connectivity index (χ0) is 22.7. The number of rotatable bonds is 6. The smallest absolute Gasteiger partial charge is 0.255 e. The minimum absolute atomic E-state index is 0.147. The maximum atomic E-state index is 13.0. The van der Waals surface area contributed by atoms with Crippen LogP contribution in [0, 0.1) is 11.8 Å². The minimum atomic E-state index is -0.591. The van der Waals surface area contributed by atoms with E-state index in [1.54, 1.807) is 4.90 Å². The number of ether oxygens (including phenoxy) is 2. The molecule has 2 aliphatic carbocycles. The number of benzene rings is 1. The lowest BCUT2D eigenvalue weighted by atomic mass is 9.89. The number of amides is 3. The zero-order valence-corrected chi connectivity index (χ0v) is 19.0. The molecule has 1 aromatic rings. The highest BCUT2D eigenvalue weighted by Gasteiger charge is 2.53. The Kier molecular flexibility index (Phi) is 5.18. The normalized spacial score (nSPS) is 33.9. The van der Waals surface area contributed by atoms with E-state index in [4.69, 9.17) is 9.47 Å². The highest BCUT2D eigenvalue weighted by atomic mass is 16.5. The molecule has 3 amide bonds. The third-order valence-corrected chi connectivity index (χ3v) is 8.27. The van der Waals surface area contributed by atoms with Crippen molar-refractivity contribution in [3.8, 4) is 5.75 Å². The number of imide groups is 1. The summed E-state index contributed by atoms with van der Waals surface area (Å²) in [6.07, 6.45) is 4.90. The third-order valence-electron chi connectivity index (χ3n) is 8.27. The van der Waals surface area contributed by atoms with Gasteiger partial charge in [0.1, 0.15) is 17.9 Å². The van der Waals surface area contributed by atoms with Crippen LogP contribution in [0.3, 0.4) is 0 Å². The molecule has 4 fully saturated rings. The van der Waals surface area contributed by atoms with Crippen LogP contribution in [0.15, 0.2) is 18.2 Å². The van der Waals surface area contributed by atoms with E-state index in [1.807, 2.05) is 25.1 Å². The Morgan fingerprint density at radius 2 is 1.91 bits per heavy atom. The molecular weight excluding hydrogens is 422 g/mol. The predicted octanol–water partition coefficient (Wildman–Crippen LogP) is 1.71. The van der Waals surface area contributed by atoms with Crippen molar-refractivity contribution < 1.29 is 23.9 Å². The number of likely N-dealkylation sites (tertiary alicyclic amines) is 1. The Labute approximate surface area is 193 Å². The molecule has 0 radical (unpaired) electrons. The number of carbonyl (C=O) groups is 3. The highest BCUT2D eigenvalue weighted by molar-refractivity contribution is 6.05. The van der Waals surface area contributed by atoms with E-state index in [0.29, 0.717) is 42.5 Å². The highest BCUT2D eigenvalue weighted by Crippen LogP contribution is 2.49. The molecule has 2 saturated carbocycles. The zero-order valence-electron chi connectivity index (χ0n) is 19.0. The van der Waals surface area contributed by atoms with E-state index < -0.39 is 6.04 Å². The monoisotopic (exact) mass is 453 g/mol. The van der Waals surface area contributed by atoms with Gasteiger partial charge in [0.15, 0.2) is 0 Å². The Balaban J connectivity index is 1.16. The van der Waals surface area contributed by atoms with E-state index in [9.17, 15) is 14.4 Å². The second-order valence-electron chi connectivity index (χ2n) is 10.2. The molecule has 8 heteroatoms. The molecule has 0 aromatic heterocycles. The van der Waals surface area contributed by atoms with E-state index in [0.717, 1.165) is 31.0 Å². The fourth-order valence-corrected chi connectivity index (χ4v) is 6.72. The molecule has 2 bridgehead atoms. The molecule has 2 saturated heterocycles. The standard InChI is InChI=1S/C25H31N3O5/c1-2-32-18-12-27(13-18)22-14-3-4-15(9-14)23(22)33-17-5-6-19-16(10-17)11-28(25(19)31)20-7-8-21(29)26-24(20)30/h5-6,10,14-15,18,20,22-23H,2-4,7-9,11-13H2,1H3,(H,26,29,30)/t14-,15+,20?,22-,23+/m0/s1. The number of nitrogens with one attached hydrogen (secondary N) is 1. The summed E-state index contributed by atoms with van der Waals surface area (Å²) >= 11 is 0. The van der Waals surface area contributed by atoms with Gasteiger partial charge in [0, 0.05) is 44.3 Å². The molecule has 5 aliphatic rings. The number of hydrogen-bond acceptors (Lipinski definition) is 6. The summed E-state index contributed by atoms with van der Waals surface area (Å²) in [5.74, 6) is 1.28. The Morgan fingerprint density at radius 1 is 1.09 bits per heavy atom. The van der Waals surface area contributed by atoms with Gasteiger partial charge in [-0.15, -0.1) is 0 Å². The van der Waals surface area contributed by atoms with Crippen LogP contribution in [0.5, 0.6) is 5.75 Å². The van der Waals surface area contributed by atoms with Crippen LogP contribution in [-0.4, -0.2) is 71.5 Å². The number of carbonyl (C=O) groups excluding carboxylic acids is 3. The first-order valence-corrected chi connectivity index (χ1v) is 12.3. The number of piperidine rings is 1. The van der Waals surface area contributed by atoms with E-state index in [2.05, 4.69) is 10.2 Å². The lowest BCUT2D eigenvalue weighted by Gasteiger charge is -2.47. The molecule has 8 nitrogen and oxygen atoms in total. The molecule has 0 spiro atoms. The Morgan fingerprint density at radius 3 is 2.70 bits per heavy atom. The summed E-state index contributed by atoms with van der Waals surface area (Å²) in [6.45, 7) is 5.16. The first-order valence-electron chi connectivity index (χ1n) is 12.3. The average molecular weight is 454 g/mol. The van der Waals surface area contributed by atoms with Crippen molar-refractivity contribution in [1.82, 2.24) is 15.1 Å². The average Bonchev–Trinajstić information content (AvgIpc) is 3.45. The van der Waals surface area contributed by atoms with E-state index in [1.165, 1.54) is 19.3 Å². The lowest BCUT2D eigenvalue weighted by Crippen LogP contribution is -2.61. The first kappa shape index (κ1) is 21.1. The van der Waals surface area contributed by atoms with Crippen LogP contribution >= 0.6 is 0 Å². The van der Waals surface area contributed by atoms with Crippen LogP contribution in [0.2, 0.25) is 0 Å². The van der Waals surface area contributed by atoms with Crippen LogP contribution < -0.4 is 10.1 Å². The number of fused-ring (bicyclic) bond motifs is 3. The van der Waals surface area contributed by atoms with Crippen LogP contribution in [0.4, 0.5) is 0 Å². The van der Waals surface area contributed by atoms with Gasteiger partial charge in [0.25, 0.3) is 5.91 Å². The molecule has 6 rings (SSSR count). The predicted molar refractivity (Wildman–Crippen MR) is 119 cm³/mol. The molecule has 5 atom stereocenters. The molecule has 1 unspecified atom stereocenters. The summed E-state index contributed by atoms with van der Waals surface area (Å²) in [4.78, 5) is 40.9. The van der Waals surface area contributed by atoms with Crippen molar-refractivity contribution in [2.24, 2.45) is 11.8 Å². The molecule has 33 heavy (non-hydrogen) atoms. The molecule has 3 aliphatic heterocycles. The fraction of sp³-hybridized carbons (Fsp3) is 0.640. The SMILES string of the molecule is CCOC1CN([C@H]2[C@H]3CC[C@H](C3)[C@H]2Oc2ccc3c(c2)CN(C2CCC(=O)NC2=O)C3=O)C1. The van der Waals surface area contributed by atoms with Crippen molar-refractivity contribution in [2.75, 3.05) is 19.7 Å². The summed E-state index contributed by atoms with van der Waals surface area (Å²) in [5, 5.41) is 2.36. The van der Waals surface area contributed by atoms with Gasteiger partial charge >= 0.3 is 0 Å². The molecule has 3 heterocycles. The van der Waals surface area contributed by atoms with Crippen molar-refractivity contribution >= 4 is 17.7 Å². The van der Waals surface area contributed by atoms with Crippen LogP contribution in [0.25, 0.3) is 0 Å². The van der Waals surface area contributed by atoms with Gasteiger partial charge in [-0.05, 0) is 68.2 Å². The Bertz CT molecular complexity index is 990. The van der Waals surface area contributed by atoms with Crippen molar-refractivity contribution in [1.29, 1.82) is 0 Å². The molecule has 176 valence electrons. The molecule has 1 aromatic carbocycles. The van der Waals surface area contributed by atoms with Crippen molar-refractivity contribution in [3.63, 3.8) is 0 Å². The first-order chi connectivity index (χ1) is 16.0. The topological polar surface area (TPSA) is 88.2 Å². The van der Waals surface area contributed by atoms with Crippen molar-refractivity contribution in [2.45, 2.75) is 69.9 Å². The van der Waals surface area contributed by atoms with Gasteiger partial charge in [0.2, 0.25) is 11.8 Å². The van der Waals surface area contributed by atoms with Gasteiger partial charge in [-0.25, -0.2) is 0 Å². The molecule has 1 N–H and O–H groups in total. The third kappa shape index (κ3) is 3.54. The summed E-state index contributed by atoms with van der Waals surface area (Å²) in [5.41, 5.74) is 1.51. The second-order valence-corrected chi connectivity index (χ2v) is 10.2.